The molecular formula is C11H19N3. The maximum Gasteiger partial charge on any atom is 0.0700 e. The minimum Gasteiger partial charge on any atom is -0.324 e. The maximum atomic E-state index is 6.19. The molecule has 0 bridgehead atoms. The molecular weight excluding hydrogens is 174 g/mol. The fraction of sp³-hybridized carbons (Fsp3) is 0.727. The van der Waals surface area contributed by atoms with E-state index < -0.39 is 0 Å². The van der Waals surface area contributed by atoms with Gasteiger partial charge in [0.05, 0.1) is 5.69 Å². The summed E-state index contributed by atoms with van der Waals surface area (Å²) in [5.41, 5.74) is 10.0. The van der Waals surface area contributed by atoms with Crippen LogP contribution >= 0.6 is 0 Å². The predicted octanol–water partition coefficient (Wildman–Crippen LogP) is 1.74. The van der Waals surface area contributed by atoms with Gasteiger partial charge < -0.3 is 5.73 Å². The molecule has 1 heterocycles. The molecule has 2 atom stereocenters. The highest BCUT2D eigenvalue weighted by Gasteiger charge is 2.33. The number of nitrogens with two attached hydrogens (primary N) is 1. The molecule has 1 aromatic heterocycles. The van der Waals surface area contributed by atoms with E-state index in [1.165, 1.54) is 17.0 Å². The third kappa shape index (κ3) is 1.19. The van der Waals surface area contributed by atoms with Gasteiger partial charge in [0.15, 0.2) is 0 Å². The molecule has 1 aliphatic carbocycles. The van der Waals surface area contributed by atoms with Crippen LogP contribution in [0.1, 0.15) is 49.7 Å². The summed E-state index contributed by atoms with van der Waals surface area (Å²) in [7, 11) is 2.02. The summed E-state index contributed by atoms with van der Waals surface area (Å²) in [6.07, 6.45) is 1.08. The maximum absolute atomic E-state index is 6.19. The number of hydrogen-bond acceptors (Lipinski definition) is 2. The zero-order valence-corrected chi connectivity index (χ0v) is 9.41. The Balaban J connectivity index is 2.53. The first-order chi connectivity index (χ1) is 6.52. The average Bonchev–Trinajstić information content (AvgIpc) is 2.56. The predicted molar refractivity (Wildman–Crippen MR) is 57.1 cm³/mol. The molecule has 3 heteroatoms. The van der Waals surface area contributed by atoms with Crippen molar-refractivity contribution >= 4 is 0 Å². The Morgan fingerprint density at radius 2 is 2.14 bits per heavy atom. The van der Waals surface area contributed by atoms with Gasteiger partial charge in [-0.1, -0.05) is 20.8 Å². The molecule has 0 aromatic carbocycles. The Bertz CT molecular complexity index is 352. The highest BCUT2D eigenvalue weighted by Crippen LogP contribution is 2.38. The highest BCUT2D eigenvalue weighted by atomic mass is 15.3. The second-order valence-corrected chi connectivity index (χ2v) is 4.73. The number of nitrogens with zero attached hydrogens (tertiary/aromatic N) is 2. The summed E-state index contributed by atoms with van der Waals surface area (Å²) in [5.74, 6) is 1.04. The first kappa shape index (κ1) is 9.71. The number of hydrogen-bond donors (Lipinski definition) is 1. The third-order valence-electron chi connectivity index (χ3n) is 3.24. The summed E-state index contributed by atoms with van der Waals surface area (Å²) in [4.78, 5) is 0. The second kappa shape index (κ2) is 3.09. The molecule has 78 valence electrons. The number of aromatic nitrogens is 2. The molecule has 0 spiro atoms. The fourth-order valence-corrected chi connectivity index (χ4v) is 2.35. The van der Waals surface area contributed by atoms with Crippen molar-refractivity contribution in [2.24, 2.45) is 18.7 Å². The molecule has 0 saturated carbocycles. The van der Waals surface area contributed by atoms with Gasteiger partial charge in [-0.05, 0) is 18.3 Å². The molecule has 3 nitrogen and oxygen atoms in total. The van der Waals surface area contributed by atoms with Crippen molar-refractivity contribution in [2.75, 3.05) is 0 Å². The van der Waals surface area contributed by atoms with Gasteiger partial charge in [0.25, 0.3) is 0 Å². The van der Waals surface area contributed by atoms with E-state index >= 15 is 0 Å². The van der Waals surface area contributed by atoms with E-state index in [4.69, 9.17) is 5.73 Å². The Kier molecular flexibility index (Phi) is 2.14. The second-order valence-electron chi connectivity index (χ2n) is 4.73. The van der Waals surface area contributed by atoms with E-state index in [2.05, 4.69) is 25.9 Å². The summed E-state index contributed by atoms with van der Waals surface area (Å²) in [6, 6.07) is 0.191. The first-order valence-electron chi connectivity index (χ1n) is 5.33. The molecule has 2 rings (SSSR count). The minimum absolute atomic E-state index is 0.191. The molecule has 0 amide bonds. The smallest absolute Gasteiger partial charge is 0.0700 e. The minimum atomic E-state index is 0.191. The third-order valence-corrected chi connectivity index (χ3v) is 3.24. The molecule has 14 heavy (non-hydrogen) atoms. The lowest BCUT2D eigenvalue weighted by Gasteiger charge is -2.12. The number of rotatable bonds is 1. The zero-order valence-electron chi connectivity index (χ0n) is 9.41. The van der Waals surface area contributed by atoms with Gasteiger partial charge in [-0.2, -0.15) is 5.10 Å². The number of fused-ring (bicyclic) bond motifs is 1. The standard InChI is InChI=1S/C11H19N3/c1-6(2)11-9-8(14(4)13-11)5-7(3)10(9)12/h6-7,10H,5,12H2,1-4H3. The van der Waals surface area contributed by atoms with Crippen molar-refractivity contribution in [3.8, 4) is 0 Å². The summed E-state index contributed by atoms with van der Waals surface area (Å²) >= 11 is 0. The average molecular weight is 193 g/mol. The van der Waals surface area contributed by atoms with Gasteiger partial charge in [-0.3, -0.25) is 4.68 Å². The SMILES string of the molecule is CC(C)c1nn(C)c2c1C(N)C(C)C2. The van der Waals surface area contributed by atoms with Crippen molar-refractivity contribution in [1.82, 2.24) is 9.78 Å². The summed E-state index contributed by atoms with van der Waals surface area (Å²) in [6.45, 7) is 6.57. The van der Waals surface area contributed by atoms with Crippen LogP contribution in [0.15, 0.2) is 0 Å². The monoisotopic (exact) mass is 193 g/mol. The van der Waals surface area contributed by atoms with Crippen LogP contribution < -0.4 is 5.73 Å². The van der Waals surface area contributed by atoms with Gasteiger partial charge in [-0.15, -0.1) is 0 Å². The topological polar surface area (TPSA) is 43.8 Å². The van der Waals surface area contributed by atoms with Gasteiger partial charge in [0, 0.05) is 24.3 Å². The quantitative estimate of drug-likeness (QED) is 0.738. The normalized spacial score (nSPS) is 25.9. The zero-order chi connectivity index (χ0) is 10.5. The molecule has 1 aromatic rings. The first-order valence-corrected chi connectivity index (χ1v) is 5.33. The van der Waals surface area contributed by atoms with Crippen LogP contribution in [0.25, 0.3) is 0 Å². The molecule has 0 saturated heterocycles. The van der Waals surface area contributed by atoms with E-state index in [1.807, 2.05) is 11.7 Å². The van der Waals surface area contributed by atoms with E-state index in [1.54, 1.807) is 0 Å². The Labute approximate surface area is 85.3 Å². The van der Waals surface area contributed by atoms with Crippen LogP contribution in [0.4, 0.5) is 0 Å². The van der Waals surface area contributed by atoms with Crippen LogP contribution in [0, 0.1) is 5.92 Å². The van der Waals surface area contributed by atoms with Crippen LogP contribution in [0.2, 0.25) is 0 Å². The van der Waals surface area contributed by atoms with Crippen molar-refractivity contribution in [3.63, 3.8) is 0 Å². The van der Waals surface area contributed by atoms with Crippen LogP contribution in [0.5, 0.6) is 0 Å². The van der Waals surface area contributed by atoms with Crippen molar-refractivity contribution in [2.45, 2.75) is 39.2 Å². The lowest BCUT2D eigenvalue weighted by atomic mass is 9.99. The van der Waals surface area contributed by atoms with Crippen LogP contribution in [-0.2, 0) is 13.5 Å². The molecule has 0 radical (unpaired) electrons. The van der Waals surface area contributed by atoms with E-state index in [0.29, 0.717) is 11.8 Å². The van der Waals surface area contributed by atoms with E-state index in [-0.39, 0.29) is 6.04 Å². The van der Waals surface area contributed by atoms with Crippen molar-refractivity contribution in [3.05, 3.63) is 17.0 Å². The molecule has 2 unspecified atom stereocenters. The Morgan fingerprint density at radius 1 is 1.50 bits per heavy atom. The van der Waals surface area contributed by atoms with Gasteiger partial charge in [-0.25, -0.2) is 0 Å². The molecule has 0 fully saturated rings. The molecule has 2 N–H and O–H groups in total. The summed E-state index contributed by atoms with van der Waals surface area (Å²) < 4.78 is 2.01. The fourth-order valence-electron chi connectivity index (χ4n) is 2.35. The van der Waals surface area contributed by atoms with E-state index in [9.17, 15) is 0 Å². The summed E-state index contributed by atoms with van der Waals surface area (Å²) in [5, 5.41) is 4.55. The van der Waals surface area contributed by atoms with Gasteiger partial charge in [0.2, 0.25) is 0 Å². The van der Waals surface area contributed by atoms with Crippen LogP contribution in [-0.4, -0.2) is 9.78 Å². The number of aryl methyl sites for hydroxylation is 1. The lowest BCUT2D eigenvalue weighted by molar-refractivity contribution is 0.493. The van der Waals surface area contributed by atoms with Gasteiger partial charge >= 0.3 is 0 Å². The lowest BCUT2D eigenvalue weighted by Crippen LogP contribution is -2.16. The Hall–Kier alpha value is -0.830. The van der Waals surface area contributed by atoms with Crippen LogP contribution in [0.3, 0.4) is 0 Å². The Morgan fingerprint density at radius 3 is 2.71 bits per heavy atom. The van der Waals surface area contributed by atoms with Gasteiger partial charge in [0.1, 0.15) is 0 Å². The highest BCUT2D eigenvalue weighted by molar-refractivity contribution is 5.36. The molecule has 0 aliphatic heterocycles. The molecule has 1 aliphatic rings. The van der Waals surface area contributed by atoms with E-state index in [0.717, 1.165) is 6.42 Å². The van der Waals surface area contributed by atoms with Crippen molar-refractivity contribution in [1.29, 1.82) is 0 Å². The largest absolute Gasteiger partial charge is 0.324 e. The van der Waals surface area contributed by atoms with Crippen molar-refractivity contribution < 1.29 is 0 Å².